The monoisotopic (exact) mass is 412 g/mol. The summed E-state index contributed by atoms with van der Waals surface area (Å²) >= 11 is 0. The number of hydrogen-bond acceptors (Lipinski definition) is 4. The summed E-state index contributed by atoms with van der Waals surface area (Å²) in [6.45, 7) is 8.59. The first-order valence-corrected chi connectivity index (χ1v) is 12.3. The first-order chi connectivity index (χ1) is 14.8. The highest BCUT2D eigenvalue weighted by molar-refractivity contribution is 5.46. The van der Waals surface area contributed by atoms with E-state index in [0.29, 0.717) is 6.04 Å². The highest BCUT2D eigenvalue weighted by Crippen LogP contribution is 2.27. The van der Waals surface area contributed by atoms with Gasteiger partial charge >= 0.3 is 0 Å². The molecule has 0 atom stereocenters. The number of piperidine rings is 1. The van der Waals surface area contributed by atoms with E-state index in [2.05, 4.69) is 50.3 Å². The molecule has 1 amide bonds. The number of para-hydroxylation sites is 1. The fourth-order valence-corrected chi connectivity index (χ4v) is 5.81. The number of rotatable bonds is 6. The van der Waals surface area contributed by atoms with E-state index in [9.17, 15) is 4.79 Å². The number of carbonyl (C=O) groups is 1. The zero-order valence-corrected chi connectivity index (χ0v) is 18.6. The van der Waals surface area contributed by atoms with Gasteiger partial charge in [-0.25, -0.2) is 0 Å². The Morgan fingerprint density at radius 1 is 0.833 bits per heavy atom. The molecule has 0 bridgehead atoms. The average Bonchev–Trinajstić information content (AvgIpc) is 2.77. The topological polar surface area (TPSA) is 38.8 Å². The predicted molar refractivity (Wildman–Crippen MR) is 124 cm³/mol. The lowest BCUT2D eigenvalue weighted by Crippen LogP contribution is -2.49. The van der Waals surface area contributed by atoms with Gasteiger partial charge in [0.1, 0.15) is 0 Å². The molecule has 0 unspecified atom stereocenters. The van der Waals surface area contributed by atoms with Gasteiger partial charge in [-0.2, -0.15) is 0 Å². The van der Waals surface area contributed by atoms with Crippen molar-refractivity contribution in [2.24, 2.45) is 5.92 Å². The van der Waals surface area contributed by atoms with Crippen molar-refractivity contribution in [2.45, 2.75) is 63.5 Å². The Bertz CT molecular complexity index is 613. The maximum atomic E-state index is 10.7. The summed E-state index contributed by atoms with van der Waals surface area (Å²) in [6.07, 6.45) is 11.0. The molecule has 30 heavy (non-hydrogen) atoms. The van der Waals surface area contributed by atoms with Crippen LogP contribution < -0.4 is 10.2 Å². The van der Waals surface area contributed by atoms with Crippen LogP contribution in [0.1, 0.15) is 51.4 Å². The minimum atomic E-state index is 0.413. The average molecular weight is 413 g/mol. The number of benzene rings is 1. The number of nitrogens with zero attached hydrogens (tertiary/aromatic N) is 3. The van der Waals surface area contributed by atoms with Crippen molar-refractivity contribution in [3.05, 3.63) is 30.3 Å². The maximum Gasteiger partial charge on any atom is 0.207 e. The minimum absolute atomic E-state index is 0.413. The van der Waals surface area contributed by atoms with Crippen molar-refractivity contribution in [1.82, 2.24) is 15.1 Å². The first-order valence-electron chi connectivity index (χ1n) is 12.3. The number of nitrogens with one attached hydrogen (secondary N) is 1. The number of carbonyl (C=O) groups excluding carboxylic acids is 1. The summed E-state index contributed by atoms with van der Waals surface area (Å²) in [5.41, 5.74) is 1.37. The number of amides is 1. The van der Waals surface area contributed by atoms with Gasteiger partial charge in [0.25, 0.3) is 0 Å². The van der Waals surface area contributed by atoms with Crippen molar-refractivity contribution in [3.8, 4) is 0 Å². The molecule has 0 radical (unpaired) electrons. The third kappa shape index (κ3) is 5.98. The second-order valence-electron chi connectivity index (χ2n) is 9.60. The summed E-state index contributed by atoms with van der Waals surface area (Å²) in [5.74, 6) is 0.874. The molecule has 3 aliphatic rings. The molecule has 3 fully saturated rings. The van der Waals surface area contributed by atoms with Crippen LogP contribution in [0.2, 0.25) is 0 Å². The Morgan fingerprint density at radius 3 is 2.13 bits per heavy atom. The molecular formula is C25H40N4O. The van der Waals surface area contributed by atoms with Crippen LogP contribution in [0.5, 0.6) is 0 Å². The number of hydrogen-bond donors (Lipinski definition) is 1. The van der Waals surface area contributed by atoms with E-state index in [1.807, 2.05) is 0 Å². The van der Waals surface area contributed by atoms with Crippen LogP contribution in [0, 0.1) is 5.92 Å². The maximum absolute atomic E-state index is 10.7. The van der Waals surface area contributed by atoms with Gasteiger partial charge in [-0.3, -0.25) is 9.69 Å². The molecule has 1 N–H and O–H groups in total. The molecule has 0 aromatic heterocycles. The molecule has 4 rings (SSSR count). The molecule has 5 heteroatoms. The van der Waals surface area contributed by atoms with E-state index in [-0.39, 0.29) is 0 Å². The lowest BCUT2D eigenvalue weighted by Gasteiger charge is -2.42. The van der Waals surface area contributed by atoms with E-state index in [4.69, 9.17) is 0 Å². The lowest BCUT2D eigenvalue weighted by molar-refractivity contribution is -0.110. The van der Waals surface area contributed by atoms with E-state index in [1.165, 1.54) is 76.9 Å². The van der Waals surface area contributed by atoms with Crippen LogP contribution in [-0.4, -0.2) is 74.1 Å². The van der Waals surface area contributed by atoms with Gasteiger partial charge in [0.05, 0.1) is 0 Å². The predicted octanol–water partition coefficient (Wildman–Crippen LogP) is 3.36. The summed E-state index contributed by atoms with van der Waals surface area (Å²) in [4.78, 5) is 18.7. The van der Waals surface area contributed by atoms with E-state index in [0.717, 1.165) is 44.3 Å². The molecule has 5 nitrogen and oxygen atoms in total. The quantitative estimate of drug-likeness (QED) is 0.727. The van der Waals surface area contributed by atoms with E-state index >= 15 is 0 Å². The normalized spacial score (nSPS) is 27.9. The molecule has 1 aromatic rings. The highest BCUT2D eigenvalue weighted by Gasteiger charge is 2.28. The lowest BCUT2D eigenvalue weighted by atomic mass is 9.89. The third-order valence-electron chi connectivity index (χ3n) is 7.66. The second-order valence-corrected chi connectivity index (χ2v) is 9.60. The number of piperazine rings is 1. The van der Waals surface area contributed by atoms with Crippen molar-refractivity contribution >= 4 is 12.1 Å². The minimum Gasteiger partial charge on any atom is -0.369 e. The third-order valence-corrected chi connectivity index (χ3v) is 7.66. The summed E-state index contributed by atoms with van der Waals surface area (Å²) < 4.78 is 0. The highest BCUT2D eigenvalue weighted by atomic mass is 16.1. The SMILES string of the molecule is O=CNC1CCCC(N2CCC(CN3CCN(c4ccccc4)CC3)CC2)CCC1. The van der Waals surface area contributed by atoms with Crippen LogP contribution in [0.4, 0.5) is 5.69 Å². The number of likely N-dealkylation sites (tertiary alicyclic amines) is 1. The van der Waals surface area contributed by atoms with Crippen molar-refractivity contribution in [2.75, 3.05) is 50.7 Å². The second kappa shape index (κ2) is 11.1. The van der Waals surface area contributed by atoms with Crippen molar-refractivity contribution in [3.63, 3.8) is 0 Å². The molecule has 2 aliphatic heterocycles. The van der Waals surface area contributed by atoms with Crippen LogP contribution >= 0.6 is 0 Å². The zero-order chi connectivity index (χ0) is 20.6. The Hall–Kier alpha value is -1.59. The smallest absolute Gasteiger partial charge is 0.207 e. The Labute approximate surface area is 182 Å². The van der Waals surface area contributed by atoms with Crippen molar-refractivity contribution in [1.29, 1.82) is 0 Å². The van der Waals surface area contributed by atoms with Crippen LogP contribution in [-0.2, 0) is 4.79 Å². The molecular weight excluding hydrogens is 372 g/mol. The summed E-state index contributed by atoms with van der Waals surface area (Å²) in [6, 6.07) is 12.1. The molecule has 2 heterocycles. The van der Waals surface area contributed by atoms with Gasteiger partial charge in [-0.05, 0) is 82.5 Å². The van der Waals surface area contributed by atoms with Gasteiger partial charge in [0.15, 0.2) is 0 Å². The fourth-order valence-electron chi connectivity index (χ4n) is 5.81. The van der Waals surface area contributed by atoms with Crippen LogP contribution in [0.25, 0.3) is 0 Å². The molecule has 1 aliphatic carbocycles. The van der Waals surface area contributed by atoms with Gasteiger partial charge in [0.2, 0.25) is 6.41 Å². The van der Waals surface area contributed by atoms with Crippen molar-refractivity contribution < 1.29 is 4.79 Å². The van der Waals surface area contributed by atoms with E-state index < -0.39 is 0 Å². The molecule has 1 saturated carbocycles. The van der Waals surface area contributed by atoms with Gasteiger partial charge in [-0.15, -0.1) is 0 Å². The summed E-state index contributed by atoms with van der Waals surface area (Å²) in [7, 11) is 0. The Balaban J connectivity index is 1.15. The van der Waals surface area contributed by atoms with Gasteiger partial charge in [-0.1, -0.05) is 18.2 Å². The molecule has 2 saturated heterocycles. The standard InChI is InChI=1S/C25H40N4O/c30-21-26-23-6-4-10-25(11-5-7-23)28-14-12-22(13-15-28)20-27-16-18-29(19-17-27)24-8-2-1-3-9-24/h1-3,8-9,21-23,25H,4-7,10-20H2,(H,26,30). The first kappa shape index (κ1) is 21.6. The fraction of sp³-hybridized carbons (Fsp3) is 0.720. The van der Waals surface area contributed by atoms with E-state index in [1.54, 1.807) is 0 Å². The zero-order valence-electron chi connectivity index (χ0n) is 18.6. The largest absolute Gasteiger partial charge is 0.369 e. The number of anilines is 1. The molecule has 0 spiro atoms. The van der Waals surface area contributed by atoms with Crippen LogP contribution in [0.15, 0.2) is 30.3 Å². The molecule has 1 aromatic carbocycles. The van der Waals surface area contributed by atoms with Gasteiger partial charge < -0.3 is 15.1 Å². The Morgan fingerprint density at radius 2 is 1.50 bits per heavy atom. The summed E-state index contributed by atoms with van der Waals surface area (Å²) in [5, 5.41) is 3.00. The van der Waals surface area contributed by atoms with Gasteiger partial charge in [0, 0.05) is 50.5 Å². The molecule has 166 valence electrons. The van der Waals surface area contributed by atoms with Crippen LogP contribution in [0.3, 0.4) is 0 Å². The Kier molecular flexibility index (Phi) is 8.04.